The lowest BCUT2D eigenvalue weighted by Crippen LogP contribution is -2.38. The third kappa shape index (κ3) is 5.47. The predicted molar refractivity (Wildman–Crippen MR) is 124 cm³/mol. The first-order chi connectivity index (χ1) is 15.5. The van der Waals surface area contributed by atoms with E-state index in [1.165, 1.54) is 40.9 Å². The minimum atomic E-state index is -0.494. The van der Waals surface area contributed by atoms with Crippen molar-refractivity contribution in [1.82, 2.24) is 14.7 Å². The molecule has 1 fully saturated rings. The lowest BCUT2D eigenvalue weighted by atomic mass is 9.97. The van der Waals surface area contributed by atoms with Crippen molar-refractivity contribution in [3.63, 3.8) is 0 Å². The highest BCUT2D eigenvalue weighted by Crippen LogP contribution is 2.25. The Balaban J connectivity index is 1.25. The first kappa shape index (κ1) is 21.9. The van der Waals surface area contributed by atoms with E-state index in [4.69, 9.17) is 4.98 Å². The van der Waals surface area contributed by atoms with Gasteiger partial charge in [-0.15, -0.1) is 0 Å². The molecule has 9 heteroatoms. The molecule has 32 heavy (non-hydrogen) atoms. The van der Waals surface area contributed by atoms with Crippen molar-refractivity contribution in [3.05, 3.63) is 81.2 Å². The standard InChI is InChI=1S/C23H25N5O3S/c1-16-5-7-17(8-6-16)13-21-25-23(32-26-21)27-11-9-18(10-12-27)15-24-22(29)19-3-2-4-20(14-19)28(30)31/h2-8,14,18H,9-13,15H2,1H3,(H,24,29). The van der Waals surface area contributed by atoms with Gasteiger partial charge in [0.05, 0.1) is 4.92 Å². The number of nitro benzene ring substituents is 1. The maximum absolute atomic E-state index is 12.4. The van der Waals surface area contributed by atoms with Crippen molar-refractivity contribution in [2.45, 2.75) is 26.2 Å². The summed E-state index contributed by atoms with van der Waals surface area (Å²) in [6, 6.07) is 14.2. The van der Waals surface area contributed by atoms with Crippen molar-refractivity contribution in [3.8, 4) is 0 Å². The van der Waals surface area contributed by atoms with Crippen LogP contribution in [0, 0.1) is 23.0 Å². The van der Waals surface area contributed by atoms with Gasteiger partial charge in [0.1, 0.15) is 5.82 Å². The Bertz CT molecular complexity index is 1090. The number of carbonyl (C=O) groups excluding carboxylic acids is 1. The topological polar surface area (TPSA) is 101 Å². The molecule has 1 aliphatic heterocycles. The zero-order valence-electron chi connectivity index (χ0n) is 17.9. The highest BCUT2D eigenvalue weighted by molar-refractivity contribution is 7.09. The second-order valence-electron chi connectivity index (χ2n) is 8.10. The predicted octanol–water partition coefficient (Wildman–Crippen LogP) is 3.99. The summed E-state index contributed by atoms with van der Waals surface area (Å²) in [6.45, 7) is 4.38. The van der Waals surface area contributed by atoms with Crippen molar-refractivity contribution in [1.29, 1.82) is 0 Å². The van der Waals surface area contributed by atoms with Gasteiger partial charge in [0, 0.05) is 55.3 Å². The van der Waals surface area contributed by atoms with E-state index in [1.807, 2.05) is 0 Å². The van der Waals surface area contributed by atoms with Crippen LogP contribution in [0.15, 0.2) is 48.5 Å². The number of nitrogens with zero attached hydrogens (tertiary/aromatic N) is 4. The Morgan fingerprint density at radius 2 is 1.97 bits per heavy atom. The maximum atomic E-state index is 12.4. The van der Waals surface area contributed by atoms with Crippen LogP contribution >= 0.6 is 11.5 Å². The lowest BCUT2D eigenvalue weighted by Gasteiger charge is -2.31. The second kappa shape index (κ2) is 9.86. The van der Waals surface area contributed by atoms with E-state index in [-0.39, 0.29) is 11.6 Å². The number of hydrogen-bond acceptors (Lipinski definition) is 7. The summed E-state index contributed by atoms with van der Waals surface area (Å²) < 4.78 is 4.52. The van der Waals surface area contributed by atoms with Gasteiger partial charge in [-0.2, -0.15) is 4.37 Å². The van der Waals surface area contributed by atoms with Crippen LogP contribution in [0.3, 0.4) is 0 Å². The van der Waals surface area contributed by atoms with E-state index in [0.717, 1.165) is 43.3 Å². The fraction of sp³-hybridized carbons (Fsp3) is 0.348. The van der Waals surface area contributed by atoms with Gasteiger partial charge in [0.2, 0.25) is 5.13 Å². The first-order valence-electron chi connectivity index (χ1n) is 10.6. The molecule has 3 aromatic rings. The highest BCUT2D eigenvalue weighted by atomic mass is 32.1. The van der Waals surface area contributed by atoms with Crippen molar-refractivity contribution in [2.75, 3.05) is 24.5 Å². The van der Waals surface area contributed by atoms with Gasteiger partial charge in [-0.25, -0.2) is 4.98 Å². The summed E-state index contributed by atoms with van der Waals surface area (Å²) in [6.07, 6.45) is 2.63. The molecule has 0 atom stereocenters. The van der Waals surface area contributed by atoms with Gasteiger partial charge in [0.15, 0.2) is 0 Å². The van der Waals surface area contributed by atoms with Gasteiger partial charge in [-0.3, -0.25) is 14.9 Å². The fourth-order valence-corrected chi connectivity index (χ4v) is 4.50. The van der Waals surface area contributed by atoms with Gasteiger partial charge in [-0.05, 0) is 37.3 Å². The number of amides is 1. The van der Waals surface area contributed by atoms with Crippen LogP contribution in [0.4, 0.5) is 10.8 Å². The summed E-state index contributed by atoms with van der Waals surface area (Å²) in [7, 11) is 0. The molecule has 0 unspecified atom stereocenters. The van der Waals surface area contributed by atoms with E-state index in [0.29, 0.717) is 18.0 Å². The van der Waals surface area contributed by atoms with Crippen molar-refractivity contribution < 1.29 is 9.72 Å². The lowest BCUT2D eigenvalue weighted by molar-refractivity contribution is -0.384. The van der Waals surface area contributed by atoms with Crippen LogP contribution in [0.1, 0.15) is 40.2 Å². The van der Waals surface area contributed by atoms with E-state index >= 15 is 0 Å². The molecule has 2 aromatic carbocycles. The van der Waals surface area contributed by atoms with Gasteiger partial charge in [0.25, 0.3) is 11.6 Å². The summed E-state index contributed by atoms with van der Waals surface area (Å²) >= 11 is 1.44. The van der Waals surface area contributed by atoms with Gasteiger partial charge < -0.3 is 10.2 Å². The number of carbonyl (C=O) groups is 1. The third-order valence-electron chi connectivity index (χ3n) is 5.70. The second-order valence-corrected chi connectivity index (χ2v) is 8.83. The fourth-order valence-electron chi connectivity index (χ4n) is 3.76. The number of anilines is 1. The smallest absolute Gasteiger partial charge is 0.270 e. The van der Waals surface area contributed by atoms with Crippen LogP contribution in [-0.2, 0) is 6.42 Å². The van der Waals surface area contributed by atoms with Gasteiger partial charge >= 0.3 is 0 Å². The Kier molecular flexibility index (Phi) is 6.75. The van der Waals surface area contributed by atoms with E-state index in [2.05, 4.69) is 45.8 Å². The number of aromatic nitrogens is 2. The zero-order chi connectivity index (χ0) is 22.5. The Hall–Kier alpha value is -3.33. The third-order valence-corrected chi connectivity index (χ3v) is 6.51. The molecule has 166 valence electrons. The summed E-state index contributed by atoms with van der Waals surface area (Å²) in [4.78, 5) is 29.7. The molecule has 1 amide bonds. The molecule has 1 saturated heterocycles. The number of rotatable bonds is 7. The largest absolute Gasteiger partial charge is 0.352 e. The highest BCUT2D eigenvalue weighted by Gasteiger charge is 2.23. The molecule has 1 aromatic heterocycles. The number of aryl methyl sites for hydroxylation is 1. The van der Waals surface area contributed by atoms with Crippen LogP contribution in [0.2, 0.25) is 0 Å². The monoisotopic (exact) mass is 451 g/mol. The van der Waals surface area contributed by atoms with Gasteiger partial charge in [-0.1, -0.05) is 35.9 Å². The SMILES string of the molecule is Cc1ccc(Cc2nsc(N3CCC(CNC(=O)c4cccc([N+](=O)[O-])c4)CC3)n2)cc1. The molecular weight excluding hydrogens is 426 g/mol. The molecule has 0 saturated carbocycles. The molecule has 0 aliphatic carbocycles. The molecule has 0 spiro atoms. The van der Waals surface area contributed by atoms with Crippen LogP contribution < -0.4 is 10.2 Å². The molecular formula is C23H25N5O3S. The number of non-ortho nitro benzene ring substituents is 1. The number of benzene rings is 2. The minimum absolute atomic E-state index is 0.0789. The van der Waals surface area contributed by atoms with Crippen LogP contribution in [0.5, 0.6) is 0 Å². The summed E-state index contributed by atoms with van der Waals surface area (Å²) in [5.41, 5.74) is 2.68. The average Bonchev–Trinajstić information content (AvgIpc) is 3.28. The molecule has 1 aliphatic rings. The van der Waals surface area contributed by atoms with Crippen molar-refractivity contribution >= 4 is 28.3 Å². The summed E-state index contributed by atoms with van der Waals surface area (Å²) in [5.74, 6) is 0.940. The zero-order valence-corrected chi connectivity index (χ0v) is 18.7. The number of nitro groups is 1. The maximum Gasteiger partial charge on any atom is 0.270 e. The molecule has 4 rings (SSSR count). The molecule has 1 N–H and O–H groups in total. The molecule has 0 bridgehead atoms. The Labute approximate surface area is 190 Å². The van der Waals surface area contributed by atoms with Crippen LogP contribution in [-0.4, -0.2) is 39.8 Å². The minimum Gasteiger partial charge on any atom is -0.352 e. The van der Waals surface area contributed by atoms with Crippen LogP contribution in [0.25, 0.3) is 0 Å². The van der Waals surface area contributed by atoms with E-state index in [1.54, 1.807) is 6.07 Å². The summed E-state index contributed by atoms with van der Waals surface area (Å²) in [5, 5.41) is 14.8. The quantitative estimate of drug-likeness (QED) is 0.430. The Morgan fingerprint density at radius 1 is 1.22 bits per heavy atom. The number of hydrogen-bond donors (Lipinski definition) is 1. The molecule has 8 nitrogen and oxygen atoms in total. The first-order valence-corrected chi connectivity index (χ1v) is 11.4. The number of piperidine rings is 1. The molecule has 0 radical (unpaired) electrons. The Morgan fingerprint density at radius 3 is 2.69 bits per heavy atom. The normalized spacial score (nSPS) is 14.3. The average molecular weight is 452 g/mol. The van der Waals surface area contributed by atoms with E-state index in [9.17, 15) is 14.9 Å². The molecule has 2 heterocycles. The van der Waals surface area contributed by atoms with E-state index < -0.39 is 4.92 Å². The van der Waals surface area contributed by atoms with Crippen molar-refractivity contribution in [2.24, 2.45) is 5.92 Å². The number of nitrogens with one attached hydrogen (secondary N) is 1.